The summed E-state index contributed by atoms with van der Waals surface area (Å²) in [5, 5.41) is 53.2. The van der Waals surface area contributed by atoms with Gasteiger partial charge < -0.3 is 83.2 Å². The first-order valence-corrected chi connectivity index (χ1v) is 15.3. The molecule has 1 heterocycles. The number of carboxylic acids is 4. The van der Waals surface area contributed by atoms with Gasteiger partial charge in [0, 0.05) is 13.0 Å². The van der Waals surface area contributed by atoms with E-state index < -0.39 is 72.6 Å². The number of carbonyl (C=O) groups is 7. The zero-order valence-electron chi connectivity index (χ0n) is 28.3. The van der Waals surface area contributed by atoms with Crippen LogP contribution < -0.4 is 54.0 Å². The Morgan fingerprint density at radius 1 is 0.809 bits per heavy atom. The summed E-state index contributed by atoms with van der Waals surface area (Å²) in [5.41, 5.74) is 13.0. The molecule has 3 amide bonds. The molecule has 19 nitrogen and oxygen atoms in total. The smallest absolute Gasteiger partial charge is 0.278 e. The van der Waals surface area contributed by atoms with Crippen LogP contribution in [0.5, 0.6) is 0 Å². The molecule has 1 aliphatic rings. The molecule has 1 aliphatic heterocycles. The molecule has 0 aromatic carbocycles. The Morgan fingerprint density at radius 2 is 1.30 bits per heavy atom. The van der Waals surface area contributed by atoms with Crippen LogP contribution in [0.2, 0.25) is 0 Å². The first kappa shape index (κ1) is 47.5. The minimum Gasteiger partial charge on any atom is -0.548 e. The van der Waals surface area contributed by atoms with Gasteiger partial charge in [-0.05, 0) is 31.6 Å². The number of rotatable bonds is 14. The van der Waals surface area contributed by atoms with E-state index in [1.54, 1.807) is 20.8 Å². The predicted octanol–water partition coefficient (Wildman–Crippen LogP) is -10.9. The van der Waals surface area contributed by atoms with Gasteiger partial charge in [-0.25, -0.2) is 0 Å². The molecule has 1 saturated heterocycles. The maximum atomic E-state index is 13.1. The second kappa shape index (κ2) is 25.2. The lowest BCUT2D eigenvalue weighted by Crippen LogP contribution is -2.70. The van der Waals surface area contributed by atoms with E-state index >= 15 is 0 Å². The Kier molecular flexibility index (Phi) is 25.5. The number of nitrogens with zero attached hydrogens (tertiary/aromatic N) is 1. The first-order chi connectivity index (χ1) is 21.6. The Labute approximate surface area is 274 Å². The molecule has 1 rings (SSSR count). The highest BCUT2D eigenvalue weighted by molar-refractivity contribution is 5.94. The summed E-state index contributed by atoms with van der Waals surface area (Å²) in [7, 11) is 0. The van der Waals surface area contributed by atoms with Gasteiger partial charge in [0.2, 0.25) is 11.8 Å². The van der Waals surface area contributed by atoms with Gasteiger partial charge in [0.25, 0.3) is 5.91 Å². The maximum absolute atomic E-state index is 13.1. The quantitative estimate of drug-likeness (QED) is 0.0898. The van der Waals surface area contributed by atoms with Crippen molar-refractivity contribution in [3.05, 3.63) is 0 Å². The van der Waals surface area contributed by atoms with Crippen molar-refractivity contribution < 1.29 is 82.0 Å². The Balaban J connectivity index is -0.000000822. The third-order valence-corrected chi connectivity index (χ3v) is 6.87. The molecule has 0 radical (unpaired) electrons. The number of likely N-dealkylation sites (tertiary alicyclic amines) is 1. The second-order valence-electron chi connectivity index (χ2n) is 11.3. The number of hydrogen-bond donors (Lipinski definition) is 7. The number of carbonyl (C=O) groups excluding carboxylic acids is 7. The molecule has 0 aliphatic carbocycles. The molecule has 19 heteroatoms. The number of amides is 3. The van der Waals surface area contributed by atoms with E-state index in [1.807, 2.05) is 20.8 Å². The van der Waals surface area contributed by atoms with Crippen LogP contribution in [0.4, 0.5) is 0 Å². The van der Waals surface area contributed by atoms with Gasteiger partial charge in [-0.1, -0.05) is 41.0 Å². The fourth-order valence-corrected chi connectivity index (χ4v) is 3.45. The molecule has 15 N–H and O–H groups in total. The number of carboxylic acid groups (broad SMARTS) is 4. The number of aliphatic carboxylic acids is 4. The highest BCUT2D eigenvalue weighted by atomic mass is 16.4. The SMILES string of the molecule is CCC(C)C(NC(=O)C1CCCN1C(=O)C(NC(=O)C(C)[NH3+])C(C)C)C(=O)[O-].CCC([NH3+])C(=O)[O-].[NH3+]C(CO)C(=O)[O-].[NH3+]CC(=O)[O-]. The molecule has 0 aromatic rings. The van der Waals surface area contributed by atoms with Gasteiger partial charge in [0.15, 0.2) is 6.04 Å². The standard InChI is InChI=1S/C19H34N4O5.C4H9NO2.C3H7NO3.C2H5NO2/c1-6-11(4)15(19(27)28)22-17(25)13-8-7-9-23(13)18(26)14(10(2)3)21-16(24)12(5)20;1-2-3(5)4(6)7;4-2(1-5)3(6)7;3-1-2(4)5/h10-15H,6-9,20H2,1-5H3,(H,21,24)(H,22,25)(H,27,28);3H,2,5H2,1H3,(H,6,7);2,5H,1,4H2,(H,6,7);1,3H2,(H,4,5). The van der Waals surface area contributed by atoms with Crippen molar-refractivity contribution in [1.29, 1.82) is 0 Å². The Hall–Kier alpha value is -3.91. The molecule has 0 bridgehead atoms. The topological polar surface area (TPSA) is 370 Å². The molecule has 7 atom stereocenters. The average molecular weight is 682 g/mol. The molecule has 0 spiro atoms. The monoisotopic (exact) mass is 681 g/mol. The van der Waals surface area contributed by atoms with E-state index in [2.05, 4.69) is 33.6 Å². The van der Waals surface area contributed by atoms with Gasteiger partial charge in [-0.2, -0.15) is 0 Å². The normalized spacial score (nSPS) is 17.3. The Morgan fingerprint density at radius 3 is 1.57 bits per heavy atom. The van der Waals surface area contributed by atoms with Crippen molar-refractivity contribution >= 4 is 41.6 Å². The zero-order chi connectivity index (χ0) is 37.6. The molecule has 47 heavy (non-hydrogen) atoms. The zero-order valence-corrected chi connectivity index (χ0v) is 28.3. The van der Waals surface area contributed by atoms with E-state index in [1.165, 1.54) is 4.90 Å². The van der Waals surface area contributed by atoms with Crippen molar-refractivity contribution in [3.63, 3.8) is 0 Å². The summed E-state index contributed by atoms with van der Waals surface area (Å²) < 4.78 is 0. The molecule has 0 saturated carbocycles. The molecular weight excluding hydrogens is 626 g/mol. The van der Waals surface area contributed by atoms with Crippen molar-refractivity contribution in [2.75, 3.05) is 19.7 Å². The number of hydrogen-bond acceptors (Lipinski definition) is 12. The molecule has 274 valence electrons. The highest BCUT2D eigenvalue weighted by Crippen LogP contribution is 2.21. The number of aliphatic hydroxyl groups excluding tert-OH is 1. The van der Waals surface area contributed by atoms with Crippen LogP contribution >= 0.6 is 0 Å². The third kappa shape index (κ3) is 20.0. The summed E-state index contributed by atoms with van der Waals surface area (Å²) in [6.07, 6.45) is 2.19. The van der Waals surface area contributed by atoms with E-state index in [-0.39, 0.29) is 30.2 Å². The predicted molar refractivity (Wildman–Crippen MR) is 154 cm³/mol. The second-order valence-corrected chi connectivity index (χ2v) is 11.3. The van der Waals surface area contributed by atoms with Gasteiger partial charge >= 0.3 is 0 Å². The van der Waals surface area contributed by atoms with Crippen LogP contribution in [0, 0.1) is 11.8 Å². The van der Waals surface area contributed by atoms with Gasteiger partial charge in [0.1, 0.15) is 43.3 Å². The lowest BCUT2D eigenvalue weighted by molar-refractivity contribution is -0.441. The van der Waals surface area contributed by atoms with Gasteiger partial charge in [-0.15, -0.1) is 0 Å². The first-order valence-electron chi connectivity index (χ1n) is 15.3. The van der Waals surface area contributed by atoms with Gasteiger partial charge in [0.05, 0.1) is 23.9 Å². The van der Waals surface area contributed by atoms with Crippen LogP contribution in [-0.2, 0) is 33.6 Å². The summed E-state index contributed by atoms with van der Waals surface area (Å²) in [4.78, 5) is 79.2. The molecule has 1 fully saturated rings. The number of aliphatic hydroxyl groups is 1. The van der Waals surface area contributed by atoms with Crippen LogP contribution in [0.1, 0.15) is 67.2 Å². The summed E-state index contributed by atoms with van der Waals surface area (Å²) in [6.45, 7) is 10.4. The van der Waals surface area contributed by atoms with Crippen molar-refractivity contribution in [3.8, 4) is 0 Å². The fraction of sp³-hybridized carbons (Fsp3) is 0.750. The lowest BCUT2D eigenvalue weighted by Gasteiger charge is -2.32. The van der Waals surface area contributed by atoms with Crippen LogP contribution in [-0.4, -0.2) is 108 Å². The average Bonchev–Trinajstić information content (AvgIpc) is 3.51. The summed E-state index contributed by atoms with van der Waals surface area (Å²) >= 11 is 0. The molecule has 0 aromatic heterocycles. The van der Waals surface area contributed by atoms with Crippen LogP contribution in [0.15, 0.2) is 0 Å². The lowest BCUT2D eigenvalue weighted by atomic mass is 9.98. The summed E-state index contributed by atoms with van der Waals surface area (Å²) in [6, 6.07) is -4.67. The molecule has 7 unspecified atom stereocenters. The third-order valence-electron chi connectivity index (χ3n) is 6.87. The minimum atomic E-state index is -1.34. The minimum absolute atomic E-state index is 0.139. The van der Waals surface area contributed by atoms with E-state index in [4.69, 9.17) is 5.11 Å². The largest absolute Gasteiger partial charge is 0.548 e. The number of quaternary nitrogens is 4. The van der Waals surface area contributed by atoms with Crippen LogP contribution in [0.3, 0.4) is 0 Å². The van der Waals surface area contributed by atoms with E-state index in [0.717, 1.165) is 0 Å². The van der Waals surface area contributed by atoms with Crippen molar-refractivity contribution in [2.45, 2.75) is 103 Å². The fourth-order valence-electron chi connectivity index (χ4n) is 3.45. The van der Waals surface area contributed by atoms with Crippen LogP contribution in [0.25, 0.3) is 0 Å². The molecular formula is C28H55N7O12. The van der Waals surface area contributed by atoms with Crippen molar-refractivity contribution in [1.82, 2.24) is 15.5 Å². The van der Waals surface area contributed by atoms with Crippen molar-refractivity contribution in [2.24, 2.45) is 11.8 Å². The van der Waals surface area contributed by atoms with E-state index in [9.17, 15) is 54.0 Å². The number of nitrogens with one attached hydrogen (secondary N) is 2. The highest BCUT2D eigenvalue weighted by Gasteiger charge is 2.39. The van der Waals surface area contributed by atoms with E-state index in [0.29, 0.717) is 32.2 Å². The summed E-state index contributed by atoms with van der Waals surface area (Å²) in [5.74, 6) is -6.46. The maximum Gasteiger partial charge on any atom is 0.278 e. The Bertz CT molecular complexity index is 992. The van der Waals surface area contributed by atoms with Gasteiger partial charge in [-0.3, -0.25) is 14.4 Å².